The highest BCUT2D eigenvalue weighted by atomic mass is 32.1. The van der Waals surface area contributed by atoms with Gasteiger partial charge in [-0.05, 0) is 12.8 Å². The second-order valence-electron chi connectivity index (χ2n) is 3.97. The largest absolute Gasteiger partial charge is 0.300 e. The summed E-state index contributed by atoms with van der Waals surface area (Å²) in [5.74, 6) is -0.415. The lowest BCUT2D eigenvalue weighted by Crippen LogP contribution is -2.50. The predicted octanol–water partition coefficient (Wildman–Crippen LogP) is 0.600. The number of imide groups is 1. The Kier molecular flexibility index (Phi) is 3.86. The zero-order valence-corrected chi connectivity index (χ0v) is 10.5. The van der Waals surface area contributed by atoms with Gasteiger partial charge < -0.3 is 5.32 Å². The van der Waals surface area contributed by atoms with Gasteiger partial charge in [-0.15, -0.1) is 11.3 Å². The molecule has 0 aromatic carbocycles. The molecule has 1 unspecified atom stereocenters. The smallest absolute Gasteiger partial charge is 0.243 e. The first-order chi connectivity index (χ1) is 8.19. The fourth-order valence-corrected chi connectivity index (χ4v) is 2.45. The predicted molar refractivity (Wildman–Crippen MR) is 64.5 cm³/mol. The summed E-state index contributed by atoms with van der Waals surface area (Å²) in [4.78, 5) is 26.9. The number of hydrogen-bond acceptors (Lipinski definition) is 5. The summed E-state index contributed by atoms with van der Waals surface area (Å²) in [5, 5.41) is 8.55. The number of aryl methyl sites for hydroxylation is 1. The molecule has 1 atom stereocenters. The van der Waals surface area contributed by atoms with Crippen molar-refractivity contribution < 1.29 is 9.59 Å². The molecular formula is C11H15N3O2S. The Morgan fingerprint density at radius 2 is 2.41 bits per heavy atom. The van der Waals surface area contributed by atoms with Crippen molar-refractivity contribution in [2.45, 2.75) is 38.8 Å². The van der Waals surface area contributed by atoms with Gasteiger partial charge in [-0.3, -0.25) is 14.9 Å². The van der Waals surface area contributed by atoms with Crippen LogP contribution in [0.25, 0.3) is 0 Å². The molecule has 1 aliphatic heterocycles. The number of thiazole rings is 1. The number of nitrogens with one attached hydrogen (secondary N) is 2. The Bertz CT molecular complexity index is 430. The lowest BCUT2D eigenvalue weighted by Gasteiger charge is -2.21. The van der Waals surface area contributed by atoms with Crippen molar-refractivity contribution in [2.75, 3.05) is 0 Å². The van der Waals surface area contributed by atoms with E-state index in [1.807, 2.05) is 5.38 Å². The maximum absolute atomic E-state index is 11.5. The van der Waals surface area contributed by atoms with Gasteiger partial charge in [0.2, 0.25) is 11.8 Å². The van der Waals surface area contributed by atoms with Gasteiger partial charge in [0.05, 0.1) is 16.7 Å². The van der Waals surface area contributed by atoms with Gasteiger partial charge in [0, 0.05) is 18.3 Å². The monoisotopic (exact) mass is 253 g/mol. The average molecular weight is 253 g/mol. The minimum Gasteiger partial charge on any atom is -0.300 e. The second-order valence-corrected chi connectivity index (χ2v) is 4.91. The third-order valence-corrected chi connectivity index (χ3v) is 3.71. The van der Waals surface area contributed by atoms with Crippen LogP contribution in [0.15, 0.2) is 5.38 Å². The first-order valence-electron chi connectivity index (χ1n) is 5.69. The SMILES string of the molecule is CCc1nc(CNC2CCC(=O)NC2=O)cs1. The number of nitrogens with zero attached hydrogens (tertiary/aromatic N) is 1. The molecule has 2 rings (SSSR count). The first-order valence-corrected chi connectivity index (χ1v) is 6.57. The van der Waals surface area contributed by atoms with Crippen LogP contribution in [-0.4, -0.2) is 22.8 Å². The first kappa shape index (κ1) is 12.2. The van der Waals surface area contributed by atoms with Crippen molar-refractivity contribution in [3.8, 4) is 0 Å². The normalized spacial score (nSPS) is 20.4. The van der Waals surface area contributed by atoms with Crippen molar-refractivity contribution in [1.29, 1.82) is 0 Å². The van der Waals surface area contributed by atoms with Gasteiger partial charge >= 0.3 is 0 Å². The van der Waals surface area contributed by atoms with E-state index in [0.29, 0.717) is 19.4 Å². The van der Waals surface area contributed by atoms with Crippen LogP contribution in [0.2, 0.25) is 0 Å². The number of rotatable bonds is 4. The molecule has 5 nitrogen and oxygen atoms in total. The van der Waals surface area contributed by atoms with Crippen LogP contribution in [0, 0.1) is 0 Å². The van der Waals surface area contributed by atoms with E-state index in [0.717, 1.165) is 17.1 Å². The van der Waals surface area contributed by atoms with Crippen LogP contribution in [0.3, 0.4) is 0 Å². The summed E-state index contributed by atoms with van der Waals surface area (Å²) >= 11 is 1.63. The molecule has 1 aromatic heterocycles. The quantitative estimate of drug-likeness (QED) is 0.771. The van der Waals surface area contributed by atoms with Crippen LogP contribution in [0.1, 0.15) is 30.5 Å². The summed E-state index contributed by atoms with van der Waals surface area (Å²) in [6.45, 7) is 2.64. The van der Waals surface area contributed by atoms with Crippen molar-refractivity contribution in [3.05, 3.63) is 16.1 Å². The lowest BCUT2D eigenvalue weighted by molar-refractivity contribution is -0.134. The Hall–Kier alpha value is -1.27. The number of carbonyl (C=O) groups is 2. The molecule has 2 N–H and O–H groups in total. The molecule has 1 aromatic rings. The highest BCUT2D eigenvalue weighted by Gasteiger charge is 2.25. The minimum atomic E-state index is -0.278. The summed E-state index contributed by atoms with van der Waals surface area (Å²) < 4.78 is 0. The van der Waals surface area contributed by atoms with E-state index in [1.165, 1.54) is 0 Å². The summed E-state index contributed by atoms with van der Waals surface area (Å²) in [7, 11) is 0. The van der Waals surface area contributed by atoms with Gasteiger partial charge in [-0.25, -0.2) is 4.98 Å². The topological polar surface area (TPSA) is 71.1 Å². The van der Waals surface area contributed by atoms with Gasteiger partial charge in [0.1, 0.15) is 0 Å². The van der Waals surface area contributed by atoms with Gasteiger partial charge in [0.15, 0.2) is 0 Å². The molecule has 6 heteroatoms. The highest BCUT2D eigenvalue weighted by Crippen LogP contribution is 2.11. The lowest BCUT2D eigenvalue weighted by atomic mass is 10.1. The molecule has 1 fully saturated rings. The van der Waals surface area contributed by atoms with Crippen LogP contribution in [-0.2, 0) is 22.6 Å². The molecule has 17 heavy (non-hydrogen) atoms. The Balaban J connectivity index is 1.85. The Labute approximate surface area is 104 Å². The molecule has 1 saturated heterocycles. The molecule has 0 spiro atoms. The van der Waals surface area contributed by atoms with E-state index in [-0.39, 0.29) is 17.9 Å². The molecule has 0 saturated carbocycles. The standard InChI is InChI=1S/C11H15N3O2S/c1-2-10-13-7(6-17-10)5-12-8-3-4-9(15)14-11(8)16/h6,8,12H,2-5H2,1H3,(H,14,15,16). The molecule has 0 radical (unpaired) electrons. The summed E-state index contributed by atoms with van der Waals surface area (Å²) in [6, 6.07) is -0.278. The number of hydrogen-bond donors (Lipinski definition) is 2. The number of amides is 2. The number of piperidine rings is 1. The molecule has 2 amide bonds. The van der Waals surface area contributed by atoms with E-state index >= 15 is 0 Å². The van der Waals surface area contributed by atoms with E-state index < -0.39 is 0 Å². The molecular weight excluding hydrogens is 238 g/mol. The zero-order chi connectivity index (χ0) is 12.3. The van der Waals surface area contributed by atoms with Crippen molar-refractivity contribution in [2.24, 2.45) is 0 Å². The fourth-order valence-electron chi connectivity index (χ4n) is 1.71. The highest BCUT2D eigenvalue weighted by molar-refractivity contribution is 7.09. The third kappa shape index (κ3) is 3.10. The average Bonchev–Trinajstić information content (AvgIpc) is 2.76. The van der Waals surface area contributed by atoms with Crippen LogP contribution >= 0.6 is 11.3 Å². The van der Waals surface area contributed by atoms with E-state index in [4.69, 9.17) is 0 Å². The summed E-state index contributed by atoms with van der Waals surface area (Å²) in [6.07, 6.45) is 1.90. The Morgan fingerprint density at radius 1 is 1.59 bits per heavy atom. The molecule has 0 bridgehead atoms. The van der Waals surface area contributed by atoms with Gasteiger partial charge in [-0.2, -0.15) is 0 Å². The Morgan fingerprint density at radius 3 is 3.06 bits per heavy atom. The van der Waals surface area contributed by atoms with E-state index in [2.05, 4.69) is 22.5 Å². The maximum Gasteiger partial charge on any atom is 0.243 e. The van der Waals surface area contributed by atoms with Crippen molar-refractivity contribution in [3.63, 3.8) is 0 Å². The molecule has 2 heterocycles. The third-order valence-electron chi connectivity index (χ3n) is 2.67. The van der Waals surface area contributed by atoms with Gasteiger partial charge in [0.25, 0.3) is 0 Å². The number of aromatic nitrogens is 1. The van der Waals surface area contributed by atoms with Crippen molar-refractivity contribution in [1.82, 2.24) is 15.6 Å². The molecule has 0 aliphatic carbocycles. The van der Waals surface area contributed by atoms with E-state index in [9.17, 15) is 9.59 Å². The zero-order valence-electron chi connectivity index (χ0n) is 9.66. The second kappa shape index (κ2) is 5.37. The molecule has 1 aliphatic rings. The molecule has 92 valence electrons. The van der Waals surface area contributed by atoms with Crippen LogP contribution in [0.4, 0.5) is 0 Å². The summed E-state index contributed by atoms with van der Waals surface area (Å²) in [5.41, 5.74) is 0.955. The fraction of sp³-hybridized carbons (Fsp3) is 0.545. The maximum atomic E-state index is 11.5. The van der Waals surface area contributed by atoms with E-state index in [1.54, 1.807) is 11.3 Å². The van der Waals surface area contributed by atoms with Crippen molar-refractivity contribution >= 4 is 23.2 Å². The van der Waals surface area contributed by atoms with Crippen LogP contribution in [0.5, 0.6) is 0 Å². The minimum absolute atomic E-state index is 0.185. The van der Waals surface area contributed by atoms with Crippen LogP contribution < -0.4 is 10.6 Å². The van der Waals surface area contributed by atoms with Gasteiger partial charge in [-0.1, -0.05) is 6.92 Å². The number of carbonyl (C=O) groups excluding carboxylic acids is 2.